The molecule has 0 aliphatic carbocycles. The van der Waals surface area contributed by atoms with E-state index >= 15 is 0 Å². The Morgan fingerprint density at radius 3 is 2.35 bits per heavy atom. The van der Waals surface area contributed by atoms with Crippen molar-refractivity contribution in [2.75, 3.05) is 45.9 Å². The number of likely N-dealkylation sites (tertiary alicyclic amines) is 1. The van der Waals surface area contributed by atoms with Gasteiger partial charge in [-0.05, 0) is 36.2 Å². The van der Waals surface area contributed by atoms with Gasteiger partial charge >= 0.3 is 0 Å². The Bertz CT molecular complexity index is 959. The van der Waals surface area contributed by atoms with Crippen LogP contribution < -0.4 is 19.1 Å². The summed E-state index contributed by atoms with van der Waals surface area (Å²) >= 11 is 0. The number of amides is 2. The van der Waals surface area contributed by atoms with E-state index in [4.69, 9.17) is 14.2 Å². The minimum absolute atomic E-state index is 0.0449. The van der Waals surface area contributed by atoms with Crippen LogP contribution in [0.5, 0.6) is 17.2 Å². The lowest BCUT2D eigenvalue weighted by Crippen LogP contribution is -2.35. The molecule has 7 heteroatoms. The maximum absolute atomic E-state index is 13.2. The highest BCUT2D eigenvalue weighted by Crippen LogP contribution is 2.35. The first-order chi connectivity index (χ1) is 15.0. The minimum Gasteiger partial charge on any atom is -0.497 e. The number of carbonyl (C=O) groups is 2. The second-order valence-electron chi connectivity index (χ2n) is 7.99. The first-order valence-corrected chi connectivity index (χ1v) is 10.5. The van der Waals surface area contributed by atoms with E-state index in [1.54, 1.807) is 38.4 Å². The molecule has 0 saturated carbocycles. The number of ether oxygens (including phenoxy) is 3. The zero-order chi connectivity index (χ0) is 22.0. The molecule has 164 valence electrons. The Morgan fingerprint density at radius 1 is 0.935 bits per heavy atom. The number of methoxy groups -OCH3 is 3. The molecular formula is C24H28N2O5. The summed E-state index contributed by atoms with van der Waals surface area (Å²) in [7, 11) is 4.79. The molecule has 0 aromatic heterocycles. The smallest absolute Gasteiger partial charge is 0.228 e. The van der Waals surface area contributed by atoms with E-state index in [9.17, 15) is 9.59 Å². The Morgan fingerprint density at radius 2 is 1.68 bits per heavy atom. The van der Waals surface area contributed by atoms with E-state index in [-0.39, 0.29) is 24.2 Å². The van der Waals surface area contributed by atoms with Gasteiger partial charge in [0.1, 0.15) is 5.75 Å². The van der Waals surface area contributed by atoms with Gasteiger partial charge in [0.15, 0.2) is 11.5 Å². The van der Waals surface area contributed by atoms with Crippen LogP contribution in [0.3, 0.4) is 0 Å². The highest BCUT2D eigenvalue weighted by Gasteiger charge is 2.39. The molecule has 2 aromatic carbocycles. The van der Waals surface area contributed by atoms with Gasteiger partial charge in [0, 0.05) is 43.7 Å². The third kappa shape index (κ3) is 4.17. The number of hydrogen-bond donors (Lipinski definition) is 0. The SMILES string of the molecule is COc1ccc(C2CCN(C(=O)C3CC(=O)N(c4ccc(OC)c(OC)c4)C3)C2)cc1. The summed E-state index contributed by atoms with van der Waals surface area (Å²) in [6.45, 7) is 1.79. The minimum atomic E-state index is -0.324. The largest absolute Gasteiger partial charge is 0.497 e. The average Bonchev–Trinajstić information content (AvgIpc) is 3.45. The van der Waals surface area contributed by atoms with Crippen LogP contribution in [0.15, 0.2) is 42.5 Å². The molecule has 2 aliphatic rings. The molecule has 0 spiro atoms. The maximum Gasteiger partial charge on any atom is 0.228 e. The van der Waals surface area contributed by atoms with Crippen LogP contribution in [0, 0.1) is 5.92 Å². The number of anilines is 1. The predicted molar refractivity (Wildman–Crippen MR) is 117 cm³/mol. The molecule has 2 unspecified atom stereocenters. The zero-order valence-corrected chi connectivity index (χ0v) is 18.2. The molecule has 0 bridgehead atoms. The third-order valence-corrected chi connectivity index (χ3v) is 6.24. The summed E-state index contributed by atoms with van der Waals surface area (Å²) in [6.07, 6.45) is 1.16. The van der Waals surface area contributed by atoms with Crippen LogP contribution in [0.4, 0.5) is 5.69 Å². The Kier molecular flexibility index (Phi) is 6.02. The van der Waals surface area contributed by atoms with Gasteiger partial charge in [-0.2, -0.15) is 0 Å². The molecule has 2 aromatic rings. The number of nitrogens with zero attached hydrogens (tertiary/aromatic N) is 2. The molecule has 2 saturated heterocycles. The summed E-state index contributed by atoms with van der Waals surface area (Å²) < 4.78 is 15.8. The van der Waals surface area contributed by atoms with Crippen LogP contribution in [-0.4, -0.2) is 57.7 Å². The fourth-order valence-corrected chi connectivity index (χ4v) is 4.48. The van der Waals surface area contributed by atoms with E-state index in [2.05, 4.69) is 12.1 Å². The van der Waals surface area contributed by atoms with Crippen molar-refractivity contribution in [3.05, 3.63) is 48.0 Å². The predicted octanol–water partition coefficient (Wildman–Crippen LogP) is 3.08. The van der Waals surface area contributed by atoms with Crippen LogP contribution in [0.25, 0.3) is 0 Å². The van der Waals surface area contributed by atoms with Crippen molar-refractivity contribution in [1.82, 2.24) is 4.90 Å². The lowest BCUT2D eigenvalue weighted by atomic mass is 9.98. The van der Waals surface area contributed by atoms with Crippen molar-refractivity contribution < 1.29 is 23.8 Å². The third-order valence-electron chi connectivity index (χ3n) is 6.24. The zero-order valence-electron chi connectivity index (χ0n) is 18.2. The topological polar surface area (TPSA) is 68.3 Å². The van der Waals surface area contributed by atoms with Gasteiger partial charge in [0.05, 0.1) is 27.2 Å². The molecule has 2 heterocycles. The van der Waals surface area contributed by atoms with E-state index in [0.29, 0.717) is 30.5 Å². The van der Waals surface area contributed by atoms with E-state index in [0.717, 1.165) is 24.4 Å². The van der Waals surface area contributed by atoms with Crippen LogP contribution in [-0.2, 0) is 9.59 Å². The summed E-state index contributed by atoms with van der Waals surface area (Å²) in [4.78, 5) is 29.4. The number of hydrogen-bond acceptors (Lipinski definition) is 5. The Hall–Kier alpha value is -3.22. The van der Waals surface area contributed by atoms with Crippen LogP contribution in [0.2, 0.25) is 0 Å². The highest BCUT2D eigenvalue weighted by molar-refractivity contribution is 6.00. The van der Waals surface area contributed by atoms with Crippen molar-refractivity contribution in [2.45, 2.75) is 18.8 Å². The normalized spacial score (nSPS) is 20.8. The van der Waals surface area contributed by atoms with Crippen molar-refractivity contribution in [2.24, 2.45) is 5.92 Å². The monoisotopic (exact) mass is 424 g/mol. The molecule has 0 N–H and O–H groups in total. The molecule has 2 atom stereocenters. The quantitative estimate of drug-likeness (QED) is 0.713. The summed E-state index contributed by atoms with van der Waals surface area (Å²) in [6, 6.07) is 13.4. The van der Waals surface area contributed by atoms with Crippen molar-refractivity contribution in [3.8, 4) is 17.2 Å². The Labute approximate surface area is 182 Å². The summed E-state index contributed by atoms with van der Waals surface area (Å²) in [5.74, 6) is 2.00. The molecule has 2 aliphatic heterocycles. The van der Waals surface area contributed by atoms with E-state index in [1.165, 1.54) is 5.56 Å². The average molecular weight is 424 g/mol. The summed E-state index contributed by atoms with van der Waals surface area (Å²) in [5.41, 5.74) is 1.93. The second-order valence-corrected chi connectivity index (χ2v) is 7.99. The van der Waals surface area contributed by atoms with Gasteiger partial charge in [-0.3, -0.25) is 9.59 Å². The highest BCUT2D eigenvalue weighted by atomic mass is 16.5. The lowest BCUT2D eigenvalue weighted by Gasteiger charge is -2.22. The summed E-state index contributed by atoms with van der Waals surface area (Å²) in [5, 5.41) is 0. The number of benzene rings is 2. The standard InChI is InChI=1S/C24H28N2O5/c1-29-20-7-4-16(5-8-20)17-10-11-25(14-17)24(28)18-12-23(27)26(15-18)19-6-9-21(30-2)22(13-19)31-3/h4-9,13,17-18H,10-12,14-15H2,1-3H3. The maximum atomic E-state index is 13.2. The van der Waals surface area contributed by atoms with Gasteiger partial charge in [-0.25, -0.2) is 0 Å². The van der Waals surface area contributed by atoms with Gasteiger partial charge in [-0.1, -0.05) is 12.1 Å². The van der Waals surface area contributed by atoms with E-state index < -0.39 is 0 Å². The molecular weight excluding hydrogens is 396 g/mol. The Balaban J connectivity index is 1.41. The molecule has 7 nitrogen and oxygen atoms in total. The first kappa shape index (κ1) is 21.0. The van der Waals surface area contributed by atoms with Gasteiger partial charge < -0.3 is 24.0 Å². The second kappa shape index (κ2) is 8.88. The first-order valence-electron chi connectivity index (χ1n) is 10.5. The number of rotatable bonds is 6. The molecule has 0 radical (unpaired) electrons. The molecule has 2 amide bonds. The van der Waals surface area contributed by atoms with Crippen molar-refractivity contribution >= 4 is 17.5 Å². The van der Waals surface area contributed by atoms with Crippen molar-refractivity contribution in [1.29, 1.82) is 0 Å². The fraction of sp³-hybridized carbons (Fsp3) is 0.417. The van der Waals surface area contributed by atoms with Gasteiger partial charge in [0.2, 0.25) is 11.8 Å². The fourth-order valence-electron chi connectivity index (χ4n) is 4.48. The lowest BCUT2D eigenvalue weighted by molar-refractivity contribution is -0.134. The van der Waals surface area contributed by atoms with Gasteiger partial charge in [-0.15, -0.1) is 0 Å². The van der Waals surface area contributed by atoms with Crippen LogP contribution >= 0.6 is 0 Å². The molecule has 31 heavy (non-hydrogen) atoms. The van der Waals surface area contributed by atoms with Gasteiger partial charge in [0.25, 0.3) is 0 Å². The van der Waals surface area contributed by atoms with Crippen molar-refractivity contribution in [3.63, 3.8) is 0 Å². The van der Waals surface area contributed by atoms with Crippen LogP contribution in [0.1, 0.15) is 24.3 Å². The number of carbonyl (C=O) groups excluding carboxylic acids is 2. The molecule has 2 fully saturated rings. The molecule has 4 rings (SSSR count). The van der Waals surface area contributed by atoms with E-state index in [1.807, 2.05) is 23.1 Å².